The molecule has 1 aromatic heterocycles. The average molecular weight is 463 g/mol. The first-order chi connectivity index (χ1) is 13.5. The summed E-state index contributed by atoms with van der Waals surface area (Å²) in [4.78, 5) is 8.47. The van der Waals surface area contributed by atoms with Crippen molar-refractivity contribution in [2.24, 2.45) is 4.99 Å². The molecule has 1 N–H and O–H groups in total. The van der Waals surface area contributed by atoms with Crippen molar-refractivity contribution in [1.29, 1.82) is 0 Å². The molecule has 1 heterocycles. The molecule has 0 saturated carbocycles. The Bertz CT molecular complexity index is 823. The number of amidine groups is 1. The number of halogens is 2. The van der Waals surface area contributed by atoms with Crippen LogP contribution >= 0.6 is 27.5 Å². The van der Waals surface area contributed by atoms with Gasteiger partial charge in [-0.15, -0.1) is 6.58 Å². The minimum absolute atomic E-state index is 0.483. The van der Waals surface area contributed by atoms with Gasteiger partial charge in [0.25, 0.3) is 0 Å². The molecule has 0 unspecified atom stereocenters. The summed E-state index contributed by atoms with van der Waals surface area (Å²) in [7, 11) is 1.76. The molecule has 1 aromatic carbocycles. The summed E-state index contributed by atoms with van der Waals surface area (Å²) in [5.74, 6) is 0.897. The van der Waals surface area contributed by atoms with Crippen LogP contribution < -0.4 is 5.32 Å². The van der Waals surface area contributed by atoms with Crippen molar-refractivity contribution in [3.05, 3.63) is 68.9 Å². The number of nitrogens with one attached hydrogen (secondary N) is 1. The molecule has 0 aliphatic heterocycles. The van der Waals surface area contributed by atoms with Crippen molar-refractivity contribution < 1.29 is 0 Å². The van der Waals surface area contributed by atoms with E-state index >= 15 is 0 Å². The topological polar surface area (TPSA) is 37.3 Å². The van der Waals surface area contributed by atoms with Crippen molar-refractivity contribution in [3.8, 4) is 0 Å². The molecule has 0 amide bonds. The molecule has 0 radical (unpaired) electrons. The fourth-order valence-electron chi connectivity index (χ4n) is 3.25. The van der Waals surface area contributed by atoms with E-state index in [2.05, 4.69) is 56.0 Å². The van der Waals surface area contributed by atoms with Gasteiger partial charge in [-0.2, -0.15) is 0 Å². The Morgan fingerprint density at radius 3 is 2.61 bits per heavy atom. The highest BCUT2D eigenvalue weighted by molar-refractivity contribution is 9.10. The summed E-state index contributed by atoms with van der Waals surface area (Å²) in [5.41, 5.74) is 5.93. The highest BCUT2D eigenvalue weighted by Gasteiger charge is 2.09. The normalized spacial score (nSPS) is 13.2. The Balaban J connectivity index is 0.000000218. The Hall–Kier alpha value is -1.65. The maximum absolute atomic E-state index is 6.17. The number of fused-ring (bicyclic) bond motifs is 1. The number of aryl methyl sites for hydroxylation is 3. The predicted molar refractivity (Wildman–Crippen MR) is 126 cm³/mol. The Morgan fingerprint density at radius 1 is 1.29 bits per heavy atom. The Labute approximate surface area is 182 Å². The maximum atomic E-state index is 6.17. The summed E-state index contributed by atoms with van der Waals surface area (Å²) in [6.45, 7) is 7.74. The third-order valence-corrected chi connectivity index (χ3v) is 5.53. The van der Waals surface area contributed by atoms with E-state index in [4.69, 9.17) is 11.6 Å². The van der Waals surface area contributed by atoms with Gasteiger partial charge in [-0.05, 0) is 67.5 Å². The van der Waals surface area contributed by atoms with Crippen LogP contribution in [0.25, 0.3) is 0 Å². The second-order valence-electron chi connectivity index (χ2n) is 6.86. The molecule has 1 aliphatic carbocycles. The molecule has 150 valence electrons. The van der Waals surface area contributed by atoms with E-state index in [9.17, 15) is 0 Å². The number of aromatic nitrogens is 1. The number of rotatable bonds is 4. The third kappa shape index (κ3) is 6.46. The van der Waals surface area contributed by atoms with Gasteiger partial charge in [-0.3, -0.25) is 4.99 Å². The first kappa shape index (κ1) is 22.6. The molecule has 1 aliphatic rings. The second kappa shape index (κ2) is 11.4. The zero-order valence-electron chi connectivity index (χ0n) is 17.0. The van der Waals surface area contributed by atoms with Crippen LogP contribution in [0, 0.1) is 6.92 Å². The van der Waals surface area contributed by atoms with Gasteiger partial charge < -0.3 is 5.32 Å². The smallest absolute Gasteiger partial charge is 0.153 e. The van der Waals surface area contributed by atoms with Crippen molar-refractivity contribution in [1.82, 2.24) is 4.98 Å². The first-order valence-corrected chi connectivity index (χ1v) is 10.9. The number of anilines is 1. The lowest BCUT2D eigenvalue weighted by Crippen LogP contribution is -2.12. The minimum atomic E-state index is 0.483. The van der Waals surface area contributed by atoms with Crippen LogP contribution in [0.1, 0.15) is 48.6 Å². The molecule has 0 atom stereocenters. The highest BCUT2D eigenvalue weighted by Crippen LogP contribution is 2.25. The van der Waals surface area contributed by atoms with E-state index in [1.54, 1.807) is 18.2 Å². The molecule has 0 spiro atoms. The van der Waals surface area contributed by atoms with Crippen LogP contribution in [0.15, 0.2) is 46.4 Å². The van der Waals surface area contributed by atoms with Crippen LogP contribution in [0.5, 0.6) is 0 Å². The van der Waals surface area contributed by atoms with Crippen molar-refractivity contribution in [2.75, 3.05) is 12.4 Å². The average Bonchev–Trinajstić information content (AvgIpc) is 2.68. The number of hydrogen-bond acceptors (Lipinski definition) is 2. The number of nitrogens with zero attached hydrogens (tertiary/aromatic N) is 2. The van der Waals surface area contributed by atoms with Gasteiger partial charge in [-0.1, -0.05) is 46.6 Å². The van der Waals surface area contributed by atoms with Gasteiger partial charge in [-0.25, -0.2) is 4.98 Å². The summed E-state index contributed by atoms with van der Waals surface area (Å²) >= 11 is 9.66. The van der Waals surface area contributed by atoms with E-state index in [-0.39, 0.29) is 0 Å². The number of hydrogen-bond donors (Lipinski definition) is 1. The third-order valence-electron chi connectivity index (χ3n) is 4.76. The Morgan fingerprint density at radius 2 is 2.00 bits per heavy atom. The monoisotopic (exact) mass is 461 g/mol. The molecule has 28 heavy (non-hydrogen) atoms. The lowest BCUT2D eigenvalue weighted by atomic mass is 9.92. The Kier molecular flexibility index (Phi) is 9.20. The van der Waals surface area contributed by atoms with E-state index < -0.39 is 0 Å². The van der Waals surface area contributed by atoms with Crippen LogP contribution in [-0.2, 0) is 19.3 Å². The van der Waals surface area contributed by atoms with E-state index in [1.165, 1.54) is 30.2 Å². The molecule has 0 bridgehead atoms. The zero-order valence-corrected chi connectivity index (χ0v) is 19.3. The fraction of sp³-hybridized carbons (Fsp3) is 0.391. The van der Waals surface area contributed by atoms with E-state index in [1.807, 2.05) is 26.0 Å². The summed E-state index contributed by atoms with van der Waals surface area (Å²) in [6.07, 6.45) is 8.66. The summed E-state index contributed by atoms with van der Waals surface area (Å²) in [6, 6.07) is 8.66. The lowest BCUT2D eigenvalue weighted by Gasteiger charge is -2.14. The minimum Gasteiger partial charge on any atom is -0.341 e. The molecular weight excluding hydrogens is 434 g/mol. The SMILES string of the molecule is Brc1ccc2c(c1)CCCC2.C=CCc1cc(C)c(NC(CC)=NC)c(Cl)n1. The predicted octanol–water partition coefficient (Wildman–Crippen LogP) is 6.95. The highest BCUT2D eigenvalue weighted by atomic mass is 79.9. The van der Waals surface area contributed by atoms with Crippen molar-refractivity contribution >= 4 is 39.1 Å². The zero-order chi connectivity index (χ0) is 20.5. The number of benzene rings is 1. The van der Waals surface area contributed by atoms with Crippen LogP contribution in [-0.4, -0.2) is 17.9 Å². The molecule has 5 heteroatoms. The molecule has 2 aromatic rings. The van der Waals surface area contributed by atoms with Crippen molar-refractivity contribution in [3.63, 3.8) is 0 Å². The maximum Gasteiger partial charge on any atom is 0.153 e. The van der Waals surface area contributed by atoms with Gasteiger partial charge in [0.1, 0.15) is 5.84 Å². The number of aliphatic imine (C=N–C) groups is 1. The van der Waals surface area contributed by atoms with Crippen LogP contribution in [0.3, 0.4) is 0 Å². The van der Waals surface area contributed by atoms with E-state index in [0.717, 1.165) is 35.6 Å². The summed E-state index contributed by atoms with van der Waals surface area (Å²) in [5, 5.41) is 3.70. The van der Waals surface area contributed by atoms with Gasteiger partial charge >= 0.3 is 0 Å². The molecule has 0 fully saturated rings. The lowest BCUT2D eigenvalue weighted by molar-refractivity contribution is 0.685. The molecular formula is C23H29BrClN3. The van der Waals surface area contributed by atoms with E-state index in [0.29, 0.717) is 5.15 Å². The standard InChI is InChI=1S/C13H18ClN3.C10H11Br/c1-5-7-10-8-9(3)12(13(14)16-10)17-11(6-2)15-4;11-10-6-5-8-3-1-2-4-9(8)7-10/h5,8H,1,6-7H2,2-4H3,(H,15,17);5-7H,1-4H2. The van der Waals surface area contributed by atoms with Gasteiger partial charge in [0.2, 0.25) is 0 Å². The quantitative estimate of drug-likeness (QED) is 0.231. The van der Waals surface area contributed by atoms with Crippen molar-refractivity contribution in [2.45, 2.75) is 52.4 Å². The van der Waals surface area contributed by atoms with Crippen LogP contribution in [0.2, 0.25) is 5.15 Å². The van der Waals surface area contributed by atoms with Crippen LogP contribution in [0.4, 0.5) is 5.69 Å². The molecule has 0 saturated heterocycles. The van der Waals surface area contributed by atoms with Gasteiger partial charge in [0, 0.05) is 30.1 Å². The summed E-state index contributed by atoms with van der Waals surface area (Å²) < 4.78 is 1.22. The molecule has 3 rings (SSSR count). The largest absolute Gasteiger partial charge is 0.341 e. The second-order valence-corrected chi connectivity index (χ2v) is 8.13. The number of allylic oxidation sites excluding steroid dienone is 1. The van der Waals surface area contributed by atoms with Gasteiger partial charge in [0.05, 0.1) is 5.69 Å². The molecule has 3 nitrogen and oxygen atoms in total. The number of pyridine rings is 1. The van der Waals surface area contributed by atoms with Gasteiger partial charge in [0.15, 0.2) is 5.15 Å². The first-order valence-electron chi connectivity index (χ1n) is 9.75. The fourth-order valence-corrected chi connectivity index (χ4v) is 3.96.